The third kappa shape index (κ3) is 3.49. The van der Waals surface area contributed by atoms with E-state index in [0.717, 1.165) is 13.0 Å². The van der Waals surface area contributed by atoms with Gasteiger partial charge in [-0.05, 0) is 13.5 Å². The van der Waals surface area contributed by atoms with Crippen LogP contribution >= 0.6 is 0 Å². The Labute approximate surface area is 72.9 Å². The second-order valence-corrected chi connectivity index (χ2v) is 3.03. The van der Waals surface area contributed by atoms with Crippen LogP contribution < -0.4 is 5.32 Å². The maximum Gasteiger partial charge on any atom is 0.0897 e. The molecule has 4 nitrogen and oxygen atoms in total. The Balaban J connectivity index is 1.99. The summed E-state index contributed by atoms with van der Waals surface area (Å²) < 4.78 is 10.5. The van der Waals surface area contributed by atoms with Crippen LogP contribution in [0, 0.1) is 0 Å². The third-order valence-electron chi connectivity index (χ3n) is 1.85. The van der Waals surface area contributed by atoms with E-state index in [1.54, 1.807) is 0 Å². The van der Waals surface area contributed by atoms with Crippen molar-refractivity contribution in [2.75, 3.05) is 33.4 Å². The molecule has 72 valence electrons. The molecule has 1 fully saturated rings. The van der Waals surface area contributed by atoms with Crippen LogP contribution in [0.5, 0.6) is 0 Å². The predicted octanol–water partition coefficient (Wildman–Crippen LogP) is -0.628. The van der Waals surface area contributed by atoms with Crippen molar-refractivity contribution in [3.63, 3.8) is 0 Å². The van der Waals surface area contributed by atoms with E-state index in [9.17, 15) is 5.11 Å². The monoisotopic (exact) mass is 175 g/mol. The number of hydrogen-bond donors (Lipinski definition) is 2. The molecule has 1 heterocycles. The van der Waals surface area contributed by atoms with E-state index in [4.69, 9.17) is 9.47 Å². The fraction of sp³-hybridized carbons (Fsp3) is 1.00. The number of aliphatic hydroxyl groups is 1. The maximum atomic E-state index is 9.28. The largest absolute Gasteiger partial charge is 0.389 e. The Hall–Kier alpha value is -0.160. The number of nitrogens with one attached hydrogen (secondary N) is 1. The summed E-state index contributed by atoms with van der Waals surface area (Å²) in [6.07, 6.45) is 0.735. The number of rotatable bonds is 5. The number of hydrogen-bond acceptors (Lipinski definition) is 4. The molecule has 1 aliphatic rings. The molecule has 0 aliphatic carbocycles. The van der Waals surface area contributed by atoms with E-state index in [0.29, 0.717) is 19.8 Å². The Kier molecular flexibility index (Phi) is 4.53. The third-order valence-corrected chi connectivity index (χ3v) is 1.85. The molecule has 0 saturated carbocycles. The lowest BCUT2D eigenvalue weighted by molar-refractivity contribution is -0.0110. The molecule has 0 aromatic heterocycles. The van der Waals surface area contributed by atoms with Gasteiger partial charge < -0.3 is 19.9 Å². The standard InChI is InChI=1S/C8H17NO3/c1-9-4-7(10)5-12-8-2-3-11-6-8/h7-10H,2-6H2,1H3. The summed E-state index contributed by atoms with van der Waals surface area (Å²) >= 11 is 0. The molecular weight excluding hydrogens is 158 g/mol. The Morgan fingerprint density at radius 3 is 3.17 bits per heavy atom. The van der Waals surface area contributed by atoms with Crippen LogP contribution in [0.3, 0.4) is 0 Å². The fourth-order valence-corrected chi connectivity index (χ4v) is 1.19. The first-order valence-corrected chi connectivity index (χ1v) is 4.35. The van der Waals surface area contributed by atoms with Crippen LogP contribution in [0.15, 0.2) is 0 Å². The molecule has 0 bridgehead atoms. The summed E-state index contributed by atoms with van der Waals surface area (Å²) in [7, 11) is 1.81. The van der Waals surface area contributed by atoms with Gasteiger partial charge in [0.2, 0.25) is 0 Å². The normalized spacial score (nSPS) is 26.0. The Morgan fingerprint density at radius 2 is 2.58 bits per heavy atom. The summed E-state index contributed by atoms with van der Waals surface area (Å²) in [5.74, 6) is 0. The van der Waals surface area contributed by atoms with Gasteiger partial charge in [-0.3, -0.25) is 0 Å². The highest BCUT2D eigenvalue weighted by Crippen LogP contribution is 2.07. The molecule has 2 unspecified atom stereocenters. The highest BCUT2D eigenvalue weighted by Gasteiger charge is 2.16. The summed E-state index contributed by atoms with van der Waals surface area (Å²) in [6.45, 7) is 2.43. The van der Waals surface area contributed by atoms with Crippen molar-refractivity contribution in [2.45, 2.75) is 18.6 Å². The van der Waals surface area contributed by atoms with Gasteiger partial charge in [-0.2, -0.15) is 0 Å². The van der Waals surface area contributed by atoms with E-state index in [1.165, 1.54) is 0 Å². The molecule has 1 aliphatic heterocycles. The zero-order valence-corrected chi connectivity index (χ0v) is 7.45. The first kappa shape index (κ1) is 9.92. The van der Waals surface area contributed by atoms with Crippen LogP contribution in [0.25, 0.3) is 0 Å². The fourth-order valence-electron chi connectivity index (χ4n) is 1.19. The molecule has 12 heavy (non-hydrogen) atoms. The summed E-state index contributed by atoms with van der Waals surface area (Å²) in [6, 6.07) is 0. The quantitative estimate of drug-likeness (QED) is 0.584. The first-order chi connectivity index (χ1) is 5.83. The van der Waals surface area contributed by atoms with E-state index in [1.807, 2.05) is 7.05 Å². The lowest BCUT2D eigenvalue weighted by Crippen LogP contribution is -2.30. The van der Waals surface area contributed by atoms with Gasteiger partial charge >= 0.3 is 0 Å². The molecule has 0 radical (unpaired) electrons. The van der Waals surface area contributed by atoms with Crippen molar-refractivity contribution in [1.29, 1.82) is 0 Å². The van der Waals surface area contributed by atoms with Crippen molar-refractivity contribution < 1.29 is 14.6 Å². The number of ether oxygens (including phenoxy) is 2. The minimum absolute atomic E-state index is 0.191. The predicted molar refractivity (Wildman–Crippen MR) is 45.1 cm³/mol. The van der Waals surface area contributed by atoms with Gasteiger partial charge in [0.25, 0.3) is 0 Å². The number of aliphatic hydroxyl groups excluding tert-OH is 1. The van der Waals surface area contributed by atoms with Crippen LogP contribution in [-0.4, -0.2) is 50.7 Å². The number of likely N-dealkylation sites (N-methyl/N-ethyl adjacent to an activating group) is 1. The molecule has 4 heteroatoms. The van der Waals surface area contributed by atoms with Crippen LogP contribution in [0.1, 0.15) is 6.42 Å². The van der Waals surface area contributed by atoms with Crippen LogP contribution in [0.2, 0.25) is 0 Å². The van der Waals surface area contributed by atoms with E-state index in [2.05, 4.69) is 5.32 Å². The second kappa shape index (κ2) is 5.48. The van der Waals surface area contributed by atoms with Crippen molar-refractivity contribution in [1.82, 2.24) is 5.32 Å². The Morgan fingerprint density at radius 1 is 1.75 bits per heavy atom. The molecular formula is C8H17NO3. The van der Waals surface area contributed by atoms with E-state index in [-0.39, 0.29) is 6.10 Å². The van der Waals surface area contributed by atoms with Gasteiger partial charge in [-0.1, -0.05) is 0 Å². The van der Waals surface area contributed by atoms with Crippen LogP contribution in [-0.2, 0) is 9.47 Å². The van der Waals surface area contributed by atoms with Crippen molar-refractivity contribution >= 4 is 0 Å². The maximum absolute atomic E-state index is 9.28. The Bertz CT molecular complexity index is 115. The smallest absolute Gasteiger partial charge is 0.0897 e. The summed E-state index contributed by atoms with van der Waals surface area (Å²) in [5, 5.41) is 12.2. The molecule has 1 rings (SSSR count). The minimum atomic E-state index is -0.407. The SMILES string of the molecule is CNCC(O)COC1CCOC1. The average Bonchev–Trinajstić information content (AvgIpc) is 2.53. The zero-order chi connectivity index (χ0) is 8.81. The molecule has 0 spiro atoms. The zero-order valence-electron chi connectivity index (χ0n) is 7.45. The van der Waals surface area contributed by atoms with Crippen molar-refractivity contribution in [3.05, 3.63) is 0 Å². The van der Waals surface area contributed by atoms with E-state index >= 15 is 0 Å². The van der Waals surface area contributed by atoms with Crippen LogP contribution in [0.4, 0.5) is 0 Å². The molecule has 2 N–H and O–H groups in total. The lowest BCUT2D eigenvalue weighted by atomic mass is 10.3. The molecule has 0 aromatic rings. The average molecular weight is 175 g/mol. The molecule has 1 saturated heterocycles. The van der Waals surface area contributed by atoms with Gasteiger partial charge in [0.15, 0.2) is 0 Å². The summed E-state index contributed by atoms with van der Waals surface area (Å²) in [4.78, 5) is 0. The minimum Gasteiger partial charge on any atom is -0.389 e. The van der Waals surface area contributed by atoms with Gasteiger partial charge in [-0.25, -0.2) is 0 Å². The van der Waals surface area contributed by atoms with Gasteiger partial charge in [0.05, 0.1) is 25.4 Å². The highest BCUT2D eigenvalue weighted by molar-refractivity contribution is 4.65. The molecule has 0 aromatic carbocycles. The first-order valence-electron chi connectivity index (χ1n) is 4.35. The van der Waals surface area contributed by atoms with Crippen molar-refractivity contribution in [2.24, 2.45) is 0 Å². The van der Waals surface area contributed by atoms with Gasteiger partial charge in [0, 0.05) is 13.2 Å². The molecule has 0 amide bonds. The van der Waals surface area contributed by atoms with Gasteiger partial charge in [0.1, 0.15) is 0 Å². The van der Waals surface area contributed by atoms with Crippen molar-refractivity contribution in [3.8, 4) is 0 Å². The topological polar surface area (TPSA) is 50.7 Å². The summed E-state index contributed by atoms with van der Waals surface area (Å²) in [5.41, 5.74) is 0. The van der Waals surface area contributed by atoms with Gasteiger partial charge in [-0.15, -0.1) is 0 Å². The highest BCUT2D eigenvalue weighted by atomic mass is 16.5. The second-order valence-electron chi connectivity index (χ2n) is 3.03. The lowest BCUT2D eigenvalue weighted by Gasteiger charge is -2.13. The van der Waals surface area contributed by atoms with E-state index < -0.39 is 6.10 Å². The molecule has 2 atom stereocenters.